The summed E-state index contributed by atoms with van der Waals surface area (Å²) in [7, 11) is -4.22. The average molecular weight is 690 g/mol. The summed E-state index contributed by atoms with van der Waals surface area (Å²) in [6.07, 6.45) is 5.35. The fourth-order valence-corrected chi connectivity index (χ4v) is 7.52. The molecule has 3 aliphatic rings. The van der Waals surface area contributed by atoms with E-state index in [-0.39, 0.29) is 53.8 Å². The summed E-state index contributed by atoms with van der Waals surface area (Å²) >= 11 is 0. The van der Waals surface area contributed by atoms with Gasteiger partial charge in [-0.25, -0.2) is 36.9 Å². The number of nitrogens with zero attached hydrogens (tertiary/aromatic N) is 6. The first-order chi connectivity index (χ1) is 23.3. The molecule has 256 valence electrons. The second-order valence-electron chi connectivity index (χ2n) is 13.6. The molecule has 1 saturated heterocycles. The van der Waals surface area contributed by atoms with Gasteiger partial charge in [-0.05, 0) is 67.9 Å². The zero-order chi connectivity index (χ0) is 34.6. The van der Waals surface area contributed by atoms with Gasteiger partial charge < -0.3 is 14.5 Å². The van der Waals surface area contributed by atoms with E-state index in [1.165, 1.54) is 30.6 Å². The van der Waals surface area contributed by atoms with Gasteiger partial charge in [-0.2, -0.15) is 4.98 Å². The topological polar surface area (TPSA) is 131 Å². The van der Waals surface area contributed by atoms with Gasteiger partial charge in [0.2, 0.25) is 11.8 Å². The van der Waals surface area contributed by atoms with Gasteiger partial charge in [-0.3, -0.25) is 4.79 Å². The number of aromatic nitrogens is 4. The van der Waals surface area contributed by atoms with Gasteiger partial charge in [0, 0.05) is 30.2 Å². The van der Waals surface area contributed by atoms with Crippen LogP contribution in [0.15, 0.2) is 65.8 Å². The van der Waals surface area contributed by atoms with Crippen LogP contribution in [0.1, 0.15) is 59.9 Å². The third-order valence-electron chi connectivity index (χ3n) is 9.55. The molecule has 0 unspecified atom stereocenters. The van der Waals surface area contributed by atoms with E-state index in [2.05, 4.69) is 31.6 Å². The van der Waals surface area contributed by atoms with E-state index in [9.17, 15) is 22.0 Å². The Balaban J connectivity index is 1.29. The minimum Gasteiger partial charge on any atom is -0.475 e. The highest BCUT2D eigenvalue weighted by molar-refractivity contribution is 7.92. The Labute approximate surface area is 283 Å². The lowest BCUT2D eigenvalue weighted by molar-refractivity contribution is 0.0257. The van der Waals surface area contributed by atoms with Gasteiger partial charge in [0.1, 0.15) is 12.4 Å². The van der Waals surface area contributed by atoms with Crippen LogP contribution in [0.4, 0.5) is 20.4 Å². The molecule has 2 aromatic heterocycles. The summed E-state index contributed by atoms with van der Waals surface area (Å²) in [5, 5.41) is 0. The monoisotopic (exact) mass is 689 g/mol. The number of amides is 1. The van der Waals surface area contributed by atoms with E-state index in [1.807, 2.05) is 32.0 Å². The molecule has 1 atom stereocenters. The molecule has 4 bridgehead atoms. The number of carbonyl (C=O) groups is 1. The number of carbonyl (C=O) groups excluding carboxylic acids is 1. The van der Waals surface area contributed by atoms with Crippen molar-refractivity contribution in [2.24, 2.45) is 5.41 Å². The van der Waals surface area contributed by atoms with E-state index in [4.69, 9.17) is 4.74 Å². The predicted octanol–water partition coefficient (Wildman–Crippen LogP) is 5.79. The van der Waals surface area contributed by atoms with E-state index < -0.39 is 34.4 Å². The van der Waals surface area contributed by atoms with Crippen molar-refractivity contribution in [3.05, 3.63) is 83.4 Å². The molecule has 14 heteroatoms. The zero-order valence-corrected chi connectivity index (χ0v) is 28.3. The van der Waals surface area contributed by atoms with Crippen LogP contribution in [0.3, 0.4) is 0 Å². The fraction of sp³-hybridized carbons (Fsp3) is 0.400. The molecule has 4 heterocycles. The van der Waals surface area contributed by atoms with Gasteiger partial charge in [0.25, 0.3) is 21.9 Å². The molecule has 2 aromatic carbocycles. The number of alkyl halides is 2. The van der Waals surface area contributed by atoms with Crippen LogP contribution >= 0.6 is 0 Å². The van der Waals surface area contributed by atoms with Crippen molar-refractivity contribution in [1.82, 2.24) is 24.8 Å². The SMILES string of the molecule is Cc1cccc(C)c1-c1cc2nc(n1)NS(=O)(=O)c1cccc(c1)C(=O)N(Cc1ncc(N3CCC(F)(F)C3)cn1)[C@H](CC1(C)CC1)CO2. The van der Waals surface area contributed by atoms with Gasteiger partial charge in [0.05, 0.1) is 47.8 Å². The molecule has 1 saturated carbocycles. The number of benzene rings is 2. The molecule has 0 spiro atoms. The molecular weight excluding hydrogens is 652 g/mol. The van der Waals surface area contributed by atoms with Crippen molar-refractivity contribution in [2.45, 2.75) is 69.9 Å². The maximum atomic E-state index is 14.4. The summed E-state index contributed by atoms with van der Waals surface area (Å²) in [4.78, 5) is 35.4. The molecule has 7 rings (SSSR count). The first-order valence-electron chi connectivity index (χ1n) is 16.2. The maximum absolute atomic E-state index is 14.4. The standard InChI is InChI=1S/C35H37F2N7O4S/c1-22-6-4-7-23(2)31(22)28-15-30-41-33(40-28)42-49(46,47)27-9-5-8-24(14-27)32(45)44(25(20-48-30)16-34(3)10-11-34)19-29-38-17-26(18-39-29)43-13-12-35(36,37)21-43/h4-9,14-15,17-18,25H,10-13,16,19-21H2,1-3H3,(H,40,41,42)/t25-/m1/s1. The number of anilines is 2. The Bertz CT molecular complexity index is 2000. The molecule has 1 aliphatic carbocycles. The number of halogens is 2. The Hall–Kier alpha value is -4.72. The molecule has 49 heavy (non-hydrogen) atoms. The van der Waals surface area contributed by atoms with E-state index in [0.717, 1.165) is 29.5 Å². The maximum Gasteiger partial charge on any atom is 0.266 e. The number of aryl methyl sites for hydroxylation is 2. The lowest BCUT2D eigenvalue weighted by atomic mass is 9.97. The quantitative estimate of drug-likeness (QED) is 0.267. The molecular formula is C35H37F2N7O4S. The minimum atomic E-state index is -4.22. The van der Waals surface area contributed by atoms with E-state index in [0.29, 0.717) is 23.6 Å². The van der Waals surface area contributed by atoms with Gasteiger partial charge in [-0.15, -0.1) is 0 Å². The van der Waals surface area contributed by atoms with Gasteiger partial charge in [-0.1, -0.05) is 31.2 Å². The van der Waals surface area contributed by atoms with Crippen LogP contribution in [0, 0.1) is 19.3 Å². The number of nitrogens with one attached hydrogen (secondary N) is 1. The molecule has 11 nitrogen and oxygen atoms in total. The van der Waals surface area contributed by atoms with Crippen molar-refractivity contribution in [2.75, 3.05) is 29.3 Å². The third kappa shape index (κ3) is 7.05. The number of fused-ring (bicyclic) bond motifs is 4. The molecule has 1 N–H and O–H groups in total. The number of hydrogen-bond donors (Lipinski definition) is 1. The summed E-state index contributed by atoms with van der Waals surface area (Å²) in [6, 6.07) is 12.9. The number of hydrogen-bond acceptors (Lipinski definition) is 9. The number of rotatable bonds is 6. The molecule has 4 aromatic rings. The molecule has 2 aliphatic heterocycles. The zero-order valence-electron chi connectivity index (χ0n) is 27.5. The highest BCUT2D eigenvalue weighted by Gasteiger charge is 2.42. The van der Waals surface area contributed by atoms with Crippen molar-refractivity contribution >= 4 is 27.6 Å². The first-order valence-corrected chi connectivity index (χ1v) is 17.7. The van der Waals surface area contributed by atoms with Crippen LogP contribution in [-0.4, -0.2) is 70.8 Å². The third-order valence-corrected chi connectivity index (χ3v) is 10.9. The molecule has 0 radical (unpaired) electrons. The van der Waals surface area contributed by atoms with Crippen LogP contribution < -0.4 is 14.4 Å². The van der Waals surface area contributed by atoms with Crippen LogP contribution in [-0.2, 0) is 16.6 Å². The van der Waals surface area contributed by atoms with Crippen molar-refractivity contribution in [3.8, 4) is 17.1 Å². The normalized spacial score (nSPS) is 20.8. The minimum absolute atomic E-state index is 0.0147. The highest BCUT2D eigenvalue weighted by Crippen LogP contribution is 2.49. The molecule has 2 fully saturated rings. The summed E-state index contributed by atoms with van der Waals surface area (Å²) in [5.41, 5.74) is 3.84. The van der Waals surface area contributed by atoms with E-state index in [1.54, 1.807) is 21.9 Å². The largest absolute Gasteiger partial charge is 0.475 e. The van der Waals surface area contributed by atoms with Gasteiger partial charge >= 0.3 is 0 Å². The Morgan fingerprint density at radius 1 is 1.00 bits per heavy atom. The Kier molecular flexibility index (Phi) is 8.24. The highest BCUT2D eigenvalue weighted by atomic mass is 32.2. The van der Waals surface area contributed by atoms with Crippen molar-refractivity contribution in [3.63, 3.8) is 0 Å². The smallest absolute Gasteiger partial charge is 0.266 e. The summed E-state index contributed by atoms with van der Waals surface area (Å²) in [5.74, 6) is -2.88. The van der Waals surface area contributed by atoms with Crippen LogP contribution in [0.25, 0.3) is 11.3 Å². The van der Waals surface area contributed by atoms with Gasteiger partial charge in [0.15, 0.2) is 0 Å². The first kappa shape index (κ1) is 32.8. The summed E-state index contributed by atoms with van der Waals surface area (Å²) in [6.45, 7) is 5.90. The fourth-order valence-electron chi connectivity index (χ4n) is 6.53. The van der Waals surface area contributed by atoms with E-state index >= 15 is 0 Å². The summed E-state index contributed by atoms with van der Waals surface area (Å²) < 4.78 is 63.9. The Morgan fingerprint density at radius 3 is 2.39 bits per heavy atom. The Morgan fingerprint density at radius 2 is 1.71 bits per heavy atom. The van der Waals surface area contributed by atoms with Crippen LogP contribution in [0.5, 0.6) is 5.88 Å². The van der Waals surface area contributed by atoms with Crippen molar-refractivity contribution in [1.29, 1.82) is 0 Å². The van der Waals surface area contributed by atoms with Crippen molar-refractivity contribution < 1.29 is 26.7 Å². The van der Waals surface area contributed by atoms with Crippen LogP contribution in [0.2, 0.25) is 0 Å². The number of ether oxygens (including phenoxy) is 1. The average Bonchev–Trinajstić information content (AvgIpc) is 3.67. The molecule has 1 amide bonds. The predicted molar refractivity (Wildman–Crippen MR) is 179 cm³/mol. The second kappa shape index (κ2) is 12.3. The lowest BCUT2D eigenvalue weighted by Crippen LogP contribution is -2.45. The number of sulfonamides is 1. The second-order valence-corrected chi connectivity index (χ2v) is 15.3. The lowest BCUT2D eigenvalue weighted by Gasteiger charge is -2.33.